The van der Waals surface area contributed by atoms with Crippen molar-refractivity contribution in [3.63, 3.8) is 0 Å². The molecule has 98 valence electrons. The van der Waals surface area contributed by atoms with Gasteiger partial charge in [-0.3, -0.25) is 0 Å². The first-order valence-corrected chi connectivity index (χ1v) is 7.64. The molecule has 0 saturated heterocycles. The third-order valence-corrected chi connectivity index (χ3v) is 4.41. The third kappa shape index (κ3) is 2.55. The highest BCUT2D eigenvalue weighted by molar-refractivity contribution is 9.11. The summed E-state index contributed by atoms with van der Waals surface area (Å²) in [5.74, 6) is 0.820. The number of hydrogen-bond donors (Lipinski definition) is 2. The first-order valence-electron chi connectivity index (χ1n) is 6.06. The maximum atomic E-state index is 6.24. The van der Waals surface area contributed by atoms with Crippen LogP contribution in [0.25, 0.3) is 0 Å². The van der Waals surface area contributed by atoms with E-state index in [4.69, 9.17) is 5.73 Å². The Morgan fingerprint density at radius 3 is 2.84 bits per heavy atom. The predicted molar refractivity (Wildman–Crippen MR) is 84.1 cm³/mol. The maximum absolute atomic E-state index is 6.24. The van der Waals surface area contributed by atoms with Gasteiger partial charge in [-0.15, -0.1) is 0 Å². The summed E-state index contributed by atoms with van der Waals surface area (Å²) in [6.45, 7) is 0. The van der Waals surface area contributed by atoms with E-state index in [-0.39, 0.29) is 12.1 Å². The van der Waals surface area contributed by atoms with Gasteiger partial charge in [-0.25, -0.2) is 4.98 Å². The van der Waals surface area contributed by atoms with Crippen LogP contribution in [-0.4, -0.2) is 11.0 Å². The molecule has 1 aliphatic rings. The van der Waals surface area contributed by atoms with E-state index in [1.165, 1.54) is 11.1 Å². The number of aromatic nitrogens is 1. The Balaban J connectivity index is 1.91. The van der Waals surface area contributed by atoms with Crippen molar-refractivity contribution >= 4 is 37.7 Å². The van der Waals surface area contributed by atoms with Gasteiger partial charge in [0.05, 0.1) is 10.5 Å². The van der Waals surface area contributed by atoms with Crippen molar-refractivity contribution in [1.82, 2.24) is 4.98 Å². The number of rotatable bonds is 2. The van der Waals surface area contributed by atoms with Gasteiger partial charge < -0.3 is 11.1 Å². The molecule has 3 rings (SSSR count). The largest absolute Gasteiger partial charge is 0.361 e. The van der Waals surface area contributed by atoms with Crippen LogP contribution in [0.3, 0.4) is 0 Å². The number of nitrogens with one attached hydrogen (secondary N) is 1. The van der Waals surface area contributed by atoms with Gasteiger partial charge in [0.2, 0.25) is 0 Å². The normalized spacial score (nSPS) is 21.2. The lowest BCUT2D eigenvalue weighted by Gasteiger charge is -2.20. The molecule has 5 heteroatoms. The van der Waals surface area contributed by atoms with Crippen molar-refractivity contribution in [2.24, 2.45) is 5.73 Å². The van der Waals surface area contributed by atoms with Gasteiger partial charge in [-0.1, -0.05) is 24.3 Å². The van der Waals surface area contributed by atoms with Crippen LogP contribution in [0.15, 0.2) is 45.5 Å². The van der Waals surface area contributed by atoms with E-state index in [0.29, 0.717) is 0 Å². The summed E-state index contributed by atoms with van der Waals surface area (Å²) < 4.78 is 1.87. The Morgan fingerprint density at radius 1 is 1.26 bits per heavy atom. The van der Waals surface area contributed by atoms with Crippen LogP contribution in [0, 0.1) is 0 Å². The zero-order valence-electron chi connectivity index (χ0n) is 10.1. The summed E-state index contributed by atoms with van der Waals surface area (Å²) in [4.78, 5) is 4.39. The standard InChI is InChI=1S/C14H13Br2N3/c15-9-6-11(16)14(18-7-9)19-13-10-4-2-1-3-8(10)5-12(13)17/h1-4,6-7,12-13H,5,17H2,(H,18,19). The molecule has 1 aromatic carbocycles. The quantitative estimate of drug-likeness (QED) is 0.833. The van der Waals surface area contributed by atoms with Crippen LogP contribution in [-0.2, 0) is 6.42 Å². The molecule has 1 heterocycles. The lowest BCUT2D eigenvalue weighted by Crippen LogP contribution is -2.30. The summed E-state index contributed by atoms with van der Waals surface area (Å²) in [6, 6.07) is 10.5. The van der Waals surface area contributed by atoms with Crippen molar-refractivity contribution in [1.29, 1.82) is 0 Å². The van der Waals surface area contributed by atoms with E-state index in [0.717, 1.165) is 21.2 Å². The third-order valence-electron chi connectivity index (χ3n) is 3.37. The molecule has 0 fully saturated rings. The van der Waals surface area contributed by atoms with Crippen LogP contribution in [0.5, 0.6) is 0 Å². The van der Waals surface area contributed by atoms with Crippen LogP contribution >= 0.6 is 31.9 Å². The van der Waals surface area contributed by atoms with E-state index in [9.17, 15) is 0 Å². The smallest absolute Gasteiger partial charge is 0.140 e. The number of anilines is 1. The number of pyridine rings is 1. The minimum atomic E-state index is 0.0785. The molecular formula is C14H13Br2N3. The van der Waals surface area contributed by atoms with E-state index in [1.54, 1.807) is 6.20 Å². The molecule has 0 radical (unpaired) electrons. The number of fused-ring (bicyclic) bond motifs is 1. The minimum absolute atomic E-state index is 0.0785. The number of hydrogen-bond acceptors (Lipinski definition) is 3. The van der Waals surface area contributed by atoms with E-state index in [2.05, 4.69) is 66.4 Å². The second kappa shape index (κ2) is 5.23. The highest BCUT2D eigenvalue weighted by atomic mass is 79.9. The Bertz CT molecular complexity index is 615. The highest BCUT2D eigenvalue weighted by Gasteiger charge is 2.29. The monoisotopic (exact) mass is 381 g/mol. The summed E-state index contributed by atoms with van der Waals surface area (Å²) in [6.07, 6.45) is 2.68. The number of nitrogens with zero attached hydrogens (tertiary/aromatic N) is 1. The second-order valence-electron chi connectivity index (χ2n) is 4.67. The number of benzene rings is 1. The molecule has 3 N–H and O–H groups in total. The van der Waals surface area contributed by atoms with Crippen LogP contribution < -0.4 is 11.1 Å². The lowest BCUT2D eigenvalue weighted by atomic mass is 10.1. The lowest BCUT2D eigenvalue weighted by molar-refractivity contribution is 0.623. The summed E-state index contributed by atoms with van der Waals surface area (Å²) >= 11 is 6.92. The molecule has 2 atom stereocenters. The first kappa shape index (κ1) is 13.1. The Hall–Kier alpha value is -0.910. The summed E-state index contributed by atoms with van der Waals surface area (Å²) in [5.41, 5.74) is 8.83. The number of nitrogens with two attached hydrogens (primary N) is 1. The van der Waals surface area contributed by atoms with Crippen molar-refractivity contribution in [2.45, 2.75) is 18.5 Å². The van der Waals surface area contributed by atoms with Crippen LogP contribution in [0.2, 0.25) is 0 Å². The van der Waals surface area contributed by atoms with Gasteiger partial charge in [0.1, 0.15) is 5.82 Å². The predicted octanol–water partition coefficient (Wildman–Crippen LogP) is 3.64. The summed E-state index contributed by atoms with van der Waals surface area (Å²) in [7, 11) is 0. The van der Waals surface area contributed by atoms with Crippen molar-refractivity contribution in [3.05, 3.63) is 56.6 Å². The van der Waals surface area contributed by atoms with Crippen LogP contribution in [0.1, 0.15) is 17.2 Å². The average Bonchev–Trinajstić information content (AvgIpc) is 2.69. The molecule has 19 heavy (non-hydrogen) atoms. The fraction of sp³-hybridized carbons (Fsp3) is 0.214. The molecule has 1 aliphatic carbocycles. The van der Waals surface area contributed by atoms with E-state index in [1.807, 2.05) is 6.07 Å². The molecule has 0 saturated carbocycles. The Labute approximate surface area is 128 Å². The van der Waals surface area contributed by atoms with Crippen molar-refractivity contribution in [3.8, 4) is 0 Å². The molecule has 3 nitrogen and oxygen atoms in total. The molecule has 2 aromatic rings. The molecule has 0 amide bonds. The van der Waals surface area contributed by atoms with Gasteiger partial charge in [0, 0.05) is 16.7 Å². The molecule has 0 spiro atoms. The fourth-order valence-corrected chi connectivity index (χ4v) is 3.58. The SMILES string of the molecule is NC1Cc2ccccc2C1Nc1ncc(Br)cc1Br. The van der Waals surface area contributed by atoms with Gasteiger partial charge in [0.25, 0.3) is 0 Å². The highest BCUT2D eigenvalue weighted by Crippen LogP contribution is 2.34. The summed E-state index contributed by atoms with van der Waals surface area (Å²) in [5, 5.41) is 3.44. The fourth-order valence-electron chi connectivity index (χ4n) is 2.48. The van der Waals surface area contributed by atoms with Gasteiger partial charge in [-0.05, 0) is 55.5 Å². The zero-order valence-corrected chi connectivity index (χ0v) is 13.3. The number of halogens is 2. The molecule has 0 bridgehead atoms. The van der Waals surface area contributed by atoms with E-state index < -0.39 is 0 Å². The molecule has 2 unspecified atom stereocenters. The maximum Gasteiger partial charge on any atom is 0.140 e. The van der Waals surface area contributed by atoms with E-state index >= 15 is 0 Å². The Kier molecular flexibility index (Phi) is 3.60. The molecule has 0 aliphatic heterocycles. The van der Waals surface area contributed by atoms with Gasteiger partial charge in [-0.2, -0.15) is 0 Å². The topological polar surface area (TPSA) is 50.9 Å². The van der Waals surface area contributed by atoms with Crippen LogP contribution in [0.4, 0.5) is 5.82 Å². The minimum Gasteiger partial charge on any atom is -0.361 e. The molecule has 1 aromatic heterocycles. The Morgan fingerprint density at radius 2 is 2.05 bits per heavy atom. The molecular weight excluding hydrogens is 370 g/mol. The van der Waals surface area contributed by atoms with Gasteiger partial charge in [0.15, 0.2) is 0 Å². The zero-order chi connectivity index (χ0) is 13.4. The first-order chi connectivity index (χ1) is 9.15. The van der Waals surface area contributed by atoms with Gasteiger partial charge >= 0.3 is 0 Å². The van der Waals surface area contributed by atoms with Crippen molar-refractivity contribution in [2.75, 3.05) is 5.32 Å². The second-order valence-corrected chi connectivity index (χ2v) is 6.44. The average molecular weight is 383 g/mol. The van der Waals surface area contributed by atoms with Crippen molar-refractivity contribution < 1.29 is 0 Å².